The number of nitrogens with zero attached hydrogens (tertiary/aromatic N) is 2. The summed E-state index contributed by atoms with van der Waals surface area (Å²) in [6.45, 7) is 2.22. The van der Waals surface area contributed by atoms with Crippen LogP contribution in [0.1, 0.15) is 21.8 Å². The molecule has 0 spiro atoms. The van der Waals surface area contributed by atoms with Gasteiger partial charge in [0.25, 0.3) is 5.91 Å². The second-order valence-corrected chi connectivity index (χ2v) is 5.10. The van der Waals surface area contributed by atoms with Gasteiger partial charge in [0, 0.05) is 35.9 Å². The van der Waals surface area contributed by atoms with Gasteiger partial charge in [-0.1, -0.05) is 5.16 Å². The first kappa shape index (κ1) is 13.2. The molecule has 0 aliphatic carbocycles. The van der Waals surface area contributed by atoms with Gasteiger partial charge in [-0.25, -0.2) is 0 Å². The zero-order valence-corrected chi connectivity index (χ0v) is 11.9. The molecule has 0 saturated heterocycles. The van der Waals surface area contributed by atoms with Crippen LogP contribution in [0.4, 0.5) is 5.69 Å². The highest BCUT2D eigenvalue weighted by atomic mass is 16.5. The molecule has 0 atom stereocenters. The smallest absolute Gasteiger partial charge is 0.256 e. The number of carbonyl (C=O) groups is 1. The van der Waals surface area contributed by atoms with Crippen LogP contribution in [0.3, 0.4) is 0 Å². The number of benzene rings is 1. The maximum Gasteiger partial charge on any atom is 0.256 e. The first-order chi connectivity index (χ1) is 10.0. The molecule has 1 amide bonds. The number of nitrogen functional groups attached to an aromatic ring is 1. The summed E-state index contributed by atoms with van der Waals surface area (Å²) in [4.78, 5) is 17.2. The minimum Gasteiger partial charge on any atom is -0.399 e. The number of rotatable bonds is 3. The van der Waals surface area contributed by atoms with E-state index in [4.69, 9.17) is 10.3 Å². The average Bonchev–Trinajstić information content (AvgIpc) is 3.03. The van der Waals surface area contributed by atoms with Crippen molar-refractivity contribution in [3.63, 3.8) is 0 Å². The summed E-state index contributed by atoms with van der Waals surface area (Å²) in [6.07, 6.45) is 1.71. The quantitative estimate of drug-likeness (QED) is 0.722. The number of nitrogens with two attached hydrogens (primary N) is 1. The average molecular weight is 284 g/mol. The van der Waals surface area contributed by atoms with Crippen LogP contribution in [0.25, 0.3) is 10.9 Å². The maximum absolute atomic E-state index is 12.5. The summed E-state index contributed by atoms with van der Waals surface area (Å²) in [5.41, 5.74) is 8.60. The number of carbonyl (C=O) groups excluding carboxylic acids is 1. The molecule has 0 saturated carbocycles. The molecule has 108 valence electrons. The summed E-state index contributed by atoms with van der Waals surface area (Å²) in [6, 6.07) is 7.27. The molecule has 3 rings (SSSR count). The Morgan fingerprint density at radius 1 is 1.43 bits per heavy atom. The Labute approximate surface area is 121 Å². The summed E-state index contributed by atoms with van der Waals surface area (Å²) >= 11 is 0. The Kier molecular flexibility index (Phi) is 3.13. The fraction of sp³-hybridized carbons (Fsp3) is 0.200. The highest BCUT2D eigenvalue weighted by molar-refractivity contribution is 6.07. The molecule has 0 radical (unpaired) electrons. The Hall–Kier alpha value is -2.76. The van der Waals surface area contributed by atoms with Gasteiger partial charge in [-0.15, -0.1) is 0 Å². The van der Waals surface area contributed by atoms with E-state index in [1.54, 1.807) is 24.2 Å². The van der Waals surface area contributed by atoms with Crippen molar-refractivity contribution in [2.75, 3.05) is 12.8 Å². The van der Waals surface area contributed by atoms with Gasteiger partial charge in [0.15, 0.2) is 0 Å². The summed E-state index contributed by atoms with van der Waals surface area (Å²) < 4.78 is 5.01. The first-order valence-electron chi connectivity index (χ1n) is 6.59. The highest BCUT2D eigenvalue weighted by Gasteiger charge is 2.17. The van der Waals surface area contributed by atoms with E-state index >= 15 is 0 Å². The van der Waals surface area contributed by atoms with Crippen LogP contribution in [-0.4, -0.2) is 28.0 Å². The van der Waals surface area contributed by atoms with E-state index < -0.39 is 0 Å². The number of nitrogens with one attached hydrogen (secondary N) is 1. The van der Waals surface area contributed by atoms with Crippen molar-refractivity contribution >= 4 is 22.5 Å². The van der Waals surface area contributed by atoms with Gasteiger partial charge < -0.3 is 20.1 Å². The number of amides is 1. The van der Waals surface area contributed by atoms with Crippen LogP contribution >= 0.6 is 0 Å². The zero-order chi connectivity index (χ0) is 15.0. The van der Waals surface area contributed by atoms with Crippen LogP contribution < -0.4 is 5.73 Å². The van der Waals surface area contributed by atoms with E-state index in [2.05, 4.69) is 10.1 Å². The lowest BCUT2D eigenvalue weighted by Crippen LogP contribution is -2.26. The Bertz CT molecular complexity index is 803. The molecule has 21 heavy (non-hydrogen) atoms. The van der Waals surface area contributed by atoms with E-state index in [0.29, 0.717) is 17.8 Å². The second kappa shape index (κ2) is 4.97. The van der Waals surface area contributed by atoms with Crippen molar-refractivity contribution in [1.82, 2.24) is 15.0 Å². The van der Waals surface area contributed by atoms with Gasteiger partial charge in [0.2, 0.25) is 0 Å². The van der Waals surface area contributed by atoms with Crippen molar-refractivity contribution in [3.05, 3.63) is 47.5 Å². The molecule has 2 aromatic heterocycles. The van der Waals surface area contributed by atoms with Gasteiger partial charge >= 0.3 is 0 Å². The number of fused-ring (bicyclic) bond motifs is 1. The van der Waals surface area contributed by atoms with Gasteiger partial charge in [-0.3, -0.25) is 4.79 Å². The van der Waals surface area contributed by atoms with E-state index in [1.807, 2.05) is 25.1 Å². The molecular weight excluding hydrogens is 268 g/mol. The summed E-state index contributed by atoms with van der Waals surface area (Å²) in [5.74, 6) is 0.653. The minimum absolute atomic E-state index is 0.0772. The fourth-order valence-corrected chi connectivity index (χ4v) is 2.33. The molecule has 3 N–H and O–H groups in total. The molecule has 3 aromatic rings. The Morgan fingerprint density at radius 3 is 2.95 bits per heavy atom. The molecule has 6 nitrogen and oxygen atoms in total. The maximum atomic E-state index is 12.5. The van der Waals surface area contributed by atoms with Crippen molar-refractivity contribution in [1.29, 1.82) is 0 Å². The van der Waals surface area contributed by atoms with Crippen molar-refractivity contribution in [2.45, 2.75) is 13.5 Å². The molecule has 6 heteroatoms. The topological polar surface area (TPSA) is 88.2 Å². The summed E-state index contributed by atoms with van der Waals surface area (Å²) in [7, 11) is 1.74. The Morgan fingerprint density at radius 2 is 2.24 bits per heavy atom. The molecular formula is C15H16N4O2. The minimum atomic E-state index is -0.0772. The number of aromatic amines is 1. The Balaban J connectivity index is 1.86. The van der Waals surface area contributed by atoms with Gasteiger partial charge in [0.1, 0.15) is 11.5 Å². The zero-order valence-electron chi connectivity index (χ0n) is 11.9. The number of H-pyrrole nitrogens is 1. The lowest BCUT2D eigenvalue weighted by Gasteiger charge is -2.14. The number of hydrogen-bond donors (Lipinski definition) is 2. The van der Waals surface area contributed by atoms with Crippen LogP contribution in [0, 0.1) is 6.92 Å². The molecule has 2 heterocycles. The number of anilines is 1. The number of aromatic nitrogens is 2. The van der Waals surface area contributed by atoms with Crippen LogP contribution in [0.5, 0.6) is 0 Å². The lowest BCUT2D eigenvalue weighted by atomic mass is 10.1. The third kappa shape index (κ3) is 2.47. The van der Waals surface area contributed by atoms with Gasteiger partial charge in [-0.05, 0) is 25.1 Å². The van der Waals surface area contributed by atoms with Gasteiger partial charge in [-0.2, -0.15) is 0 Å². The van der Waals surface area contributed by atoms with Crippen LogP contribution in [-0.2, 0) is 6.54 Å². The van der Waals surface area contributed by atoms with Crippen molar-refractivity contribution in [2.24, 2.45) is 0 Å². The molecule has 0 bridgehead atoms. The third-order valence-electron chi connectivity index (χ3n) is 3.36. The van der Waals surface area contributed by atoms with E-state index in [1.165, 1.54) is 0 Å². The standard InChI is InChI=1S/C15H16N4O2/c1-9-5-11(18-21-9)8-19(2)15(20)13-7-17-14-6-10(16)3-4-12(13)14/h3-7,17H,8,16H2,1-2H3. The van der Waals surface area contributed by atoms with E-state index in [0.717, 1.165) is 22.4 Å². The highest BCUT2D eigenvalue weighted by Crippen LogP contribution is 2.22. The second-order valence-electron chi connectivity index (χ2n) is 5.10. The molecule has 1 aromatic carbocycles. The molecule has 0 aliphatic heterocycles. The molecule has 0 fully saturated rings. The van der Waals surface area contributed by atoms with E-state index in [9.17, 15) is 4.79 Å². The molecule has 0 aliphatic rings. The largest absolute Gasteiger partial charge is 0.399 e. The lowest BCUT2D eigenvalue weighted by molar-refractivity contribution is 0.0784. The monoisotopic (exact) mass is 284 g/mol. The van der Waals surface area contributed by atoms with Crippen LogP contribution in [0.2, 0.25) is 0 Å². The normalized spacial score (nSPS) is 11.0. The third-order valence-corrected chi connectivity index (χ3v) is 3.36. The number of aryl methyl sites for hydroxylation is 1. The summed E-state index contributed by atoms with van der Waals surface area (Å²) in [5, 5.41) is 4.76. The fourth-order valence-electron chi connectivity index (χ4n) is 2.33. The SMILES string of the molecule is Cc1cc(CN(C)C(=O)c2c[nH]c3cc(N)ccc23)no1. The van der Waals surface area contributed by atoms with Crippen LogP contribution in [0.15, 0.2) is 35.0 Å². The van der Waals surface area contributed by atoms with Crippen molar-refractivity contribution < 1.29 is 9.32 Å². The first-order valence-corrected chi connectivity index (χ1v) is 6.59. The number of hydrogen-bond acceptors (Lipinski definition) is 4. The van der Waals surface area contributed by atoms with Crippen molar-refractivity contribution in [3.8, 4) is 0 Å². The van der Waals surface area contributed by atoms with Gasteiger partial charge in [0.05, 0.1) is 12.1 Å². The predicted octanol–water partition coefficient (Wildman–Crippen LogP) is 2.32. The predicted molar refractivity (Wildman–Crippen MR) is 79.7 cm³/mol. The van der Waals surface area contributed by atoms with E-state index in [-0.39, 0.29) is 5.91 Å². The molecule has 0 unspecified atom stereocenters.